The predicted octanol–water partition coefficient (Wildman–Crippen LogP) is 2.96. The molecule has 7 heteroatoms. The molecule has 0 saturated heterocycles. The molecule has 4 nitrogen and oxygen atoms in total. The highest BCUT2D eigenvalue weighted by Gasteiger charge is 2.25. The minimum absolute atomic E-state index is 0.0500. The van der Waals surface area contributed by atoms with Gasteiger partial charge in [0.2, 0.25) is 0 Å². The molecule has 3 N–H and O–H groups in total. The van der Waals surface area contributed by atoms with Crippen LogP contribution in [0.25, 0.3) is 0 Å². The summed E-state index contributed by atoms with van der Waals surface area (Å²) in [5.41, 5.74) is 5.72. The van der Waals surface area contributed by atoms with Crippen LogP contribution in [0.4, 0.5) is 0 Å². The number of halogens is 3. The molecule has 0 fully saturated rings. The van der Waals surface area contributed by atoms with Crippen molar-refractivity contribution < 1.29 is 14.7 Å². The van der Waals surface area contributed by atoms with Gasteiger partial charge in [0, 0.05) is 15.7 Å². The average molecular weight is 388 g/mol. The topological polar surface area (TPSA) is 80.4 Å². The minimum atomic E-state index is -1.18. The van der Waals surface area contributed by atoms with E-state index in [1.54, 1.807) is 22.6 Å². The Hall–Kier alpha value is -0.370. The molecule has 0 atom stereocenters. The van der Waals surface area contributed by atoms with E-state index in [0.29, 0.717) is 0 Å². The van der Waals surface area contributed by atoms with Crippen LogP contribution in [0, 0.1) is 3.57 Å². The summed E-state index contributed by atoms with van der Waals surface area (Å²) in [5, 5.41) is 9.24. The second-order valence-corrected chi connectivity index (χ2v) is 5.07. The molecule has 0 radical (unpaired) electrons. The van der Waals surface area contributed by atoms with Crippen molar-refractivity contribution in [2.45, 2.75) is 13.5 Å². The SMILES string of the molecule is CC(=O)c1c(Cl)c(Cl)c(I)c(C(=O)O)c1CN. The summed E-state index contributed by atoms with van der Waals surface area (Å²) in [6.45, 7) is 1.19. The Labute approximate surface area is 121 Å². The van der Waals surface area contributed by atoms with Gasteiger partial charge in [-0.05, 0) is 35.1 Å². The number of rotatable bonds is 3. The number of ketones is 1. The van der Waals surface area contributed by atoms with Crippen molar-refractivity contribution >= 4 is 57.5 Å². The summed E-state index contributed by atoms with van der Waals surface area (Å²) in [4.78, 5) is 22.7. The highest BCUT2D eigenvalue weighted by molar-refractivity contribution is 14.1. The Bertz CT molecular complexity index is 476. The number of Topliss-reactive ketones (excluding diaryl/α,β-unsaturated/α-hetero) is 1. The standard InChI is InChI=1S/C10H8Cl2INO3/c1-3(15)5-4(2-14)6(10(16)17)9(13)8(12)7(5)11/h2,14H2,1H3,(H,16,17). The van der Waals surface area contributed by atoms with Crippen LogP contribution in [0.5, 0.6) is 0 Å². The molecule has 0 spiro atoms. The van der Waals surface area contributed by atoms with Gasteiger partial charge >= 0.3 is 5.97 Å². The lowest BCUT2D eigenvalue weighted by Gasteiger charge is -2.14. The highest BCUT2D eigenvalue weighted by Crippen LogP contribution is 2.36. The normalized spacial score (nSPS) is 10.4. The van der Waals surface area contributed by atoms with Crippen molar-refractivity contribution in [3.63, 3.8) is 0 Å². The number of benzene rings is 1. The van der Waals surface area contributed by atoms with Gasteiger partial charge in [-0.15, -0.1) is 0 Å². The third-order valence-corrected chi connectivity index (χ3v) is 4.45. The maximum absolute atomic E-state index is 11.5. The van der Waals surface area contributed by atoms with Crippen LogP contribution in [0.15, 0.2) is 0 Å². The van der Waals surface area contributed by atoms with Gasteiger partial charge in [-0.3, -0.25) is 4.79 Å². The summed E-state index contributed by atoms with van der Waals surface area (Å²) < 4.78 is 0.284. The van der Waals surface area contributed by atoms with Crippen LogP contribution in [-0.2, 0) is 6.54 Å². The largest absolute Gasteiger partial charge is 0.478 e. The fourth-order valence-corrected chi connectivity index (χ4v) is 3.02. The number of hydrogen-bond acceptors (Lipinski definition) is 3. The van der Waals surface area contributed by atoms with Crippen molar-refractivity contribution in [2.24, 2.45) is 5.73 Å². The predicted molar refractivity (Wildman–Crippen MR) is 74.0 cm³/mol. The number of carbonyl (C=O) groups is 2. The highest BCUT2D eigenvalue weighted by atomic mass is 127. The molecule has 0 unspecified atom stereocenters. The first-order valence-electron chi connectivity index (χ1n) is 4.46. The van der Waals surface area contributed by atoms with Gasteiger partial charge in [-0.2, -0.15) is 0 Å². The lowest BCUT2D eigenvalue weighted by molar-refractivity contribution is 0.0694. The van der Waals surface area contributed by atoms with E-state index in [2.05, 4.69) is 0 Å². The smallest absolute Gasteiger partial charge is 0.337 e. The van der Waals surface area contributed by atoms with Gasteiger partial charge in [0.05, 0.1) is 15.6 Å². The van der Waals surface area contributed by atoms with Gasteiger partial charge in [-0.1, -0.05) is 23.2 Å². The zero-order valence-corrected chi connectivity index (χ0v) is 12.4. The molecule has 17 heavy (non-hydrogen) atoms. The zero-order chi connectivity index (χ0) is 13.3. The van der Waals surface area contributed by atoms with E-state index in [-0.39, 0.29) is 42.6 Å². The first-order chi connectivity index (χ1) is 7.82. The maximum atomic E-state index is 11.5. The molecule has 1 rings (SSSR count). The molecular formula is C10H8Cl2INO3. The van der Waals surface area contributed by atoms with Crippen molar-refractivity contribution in [2.75, 3.05) is 0 Å². The Morgan fingerprint density at radius 3 is 2.18 bits per heavy atom. The lowest BCUT2D eigenvalue weighted by atomic mass is 9.98. The monoisotopic (exact) mass is 387 g/mol. The number of carbonyl (C=O) groups excluding carboxylic acids is 1. The molecule has 0 heterocycles. The molecule has 0 saturated carbocycles. The van der Waals surface area contributed by atoms with Crippen LogP contribution in [0.2, 0.25) is 10.0 Å². The number of hydrogen-bond donors (Lipinski definition) is 2. The molecular weight excluding hydrogens is 380 g/mol. The quantitative estimate of drug-likeness (QED) is 0.474. The van der Waals surface area contributed by atoms with Crippen molar-refractivity contribution in [3.05, 3.63) is 30.3 Å². The van der Waals surface area contributed by atoms with Crippen LogP contribution < -0.4 is 5.73 Å². The Balaban J connectivity index is 3.85. The third-order valence-electron chi connectivity index (χ3n) is 2.20. The Morgan fingerprint density at radius 2 is 1.82 bits per heavy atom. The van der Waals surface area contributed by atoms with Gasteiger partial charge in [0.25, 0.3) is 0 Å². The first kappa shape index (κ1) is 14.7. The van der Waals surface area contributed by atoms with Crippen molar-refractivity contribution in [1.82, 2.24) is 0 Å². The molecule has 92 valence electrons. The van der Waals surface area contributed by atoms with Crippen LogP contribution in [0.3, 0.4) is 0 Å². The summed E-state index contributed by atoms with van der Waals surface area (Å²) >= 11 is 13.6. The van der Waals surface area contributed by atoms with Crippen molar-refractivity contribution in [3.8, 4) is 0 Å². The lowest BCUT2D eigenvalue weighted by Crippen LogP contribution is -2.15. The van der Waals surface area contributed by atoms with E-state index in [9.17, 15) is 9.59 Å². The Morgan fingerprint density at radius 1 is 1.29 bits per heavy atom. The average Bonchev–Trinajstić information content (AvgIpc) is 2.23. The fraction of sp³-hybridized carbons (Fsp3) is 0.200. The second-order valence-electron chi connectivity index (χ2n) is 3.24. The summed E-state index contributed by atoms with van der Waals surface area (Å²) in [6, 6.07) is 0. The maximum Gasteiger partial charge on any atom is 0.337 e. The molecule has 0 aliphatic carbocycles. The zero-order valence-electron chi connectivity index (χ0n) is 8.68. The third kappa shape index (κ3) is 2.57. The summed E-state index contributed by atoms with van der Waals surface area (Å²) in [7, 11) is 0. The fourth-order valence-electron chi connectivity index (χ4n) is 1.50. The van der Waals surface area contributed by atoms with Crippen LogP contribution in [0.1, 0.15) is 33.2 Å². The van der Waals surface area contributed by atoms with Crippen LogP contribution in [-0.4, -0.2) is 16.9 Å². The molecule has 0 amide bonds. The summed E-state index contributed by atoms with van der Waals surface area (Å²) in [6.07, 6.45) is 0. The number of aromatic carboxylic acids is 1. The number of carboxylic acids is 1. The molecule has 0 aromatic heterocycles. The van der Waals surface area contributed by atoms with E-state index in [4.69, 9.17) is 34.0 Å². The van der Waals surface area contributed by atoms with E-state index in [1.807, 2.05) is 0 Å². The number of nitrogens with two attached hydrogens (primary N) is 1. The molecule has 0 bridgehead atoms. The van der Waals surface area contributed by atoms with E-state index in [1.165, 1.54) is 6.92 Å². The van der Waals surface area contributed by atoms with Crippen LogP contribution >= 0.6 is 45.8 Å². The van der Waals surface area contributed by atoms with Gasteiger partial charge in [-0.25, -0.2) is 4.79 Å². The summed E-state index contributed by atoms with van der Waals surface area (Å²) in [5.74, 6) is -1.55. The first-order valence-corrected chi connectivity index (χ1v) is 6.30. The molecule has 1 aromatic rings. The number of carboxylic acid groups (broad SMARTS) is 1. The van der Waals surface area contributed by atoms with Gasteiger partial charge < -0.3 is 10.8 Å². The van der Waals surface area contributed by atoms with E-state index >= 15 is 0 Å². The molecule has 1 aromatic carbocycles. The second kappa shape index (κ2) is 5.51. The van der Waals surface area contributed by atoms with Gasteiger partial charge in [0.1, 0.15) is 0 Å². The Kier molecular flexibility index (Phi) is 4.77. The molecule has 0 aliphatic rings. The van der Waals surface area contributed by atoms with Crippen molar-refractivity contribution in [1.29, 1.82) is 0 Å². The van der Waals surface area contributed by atoms with Gasteiger partial charge in [0.15, 0.2) is 5.78 Å². The molecule has 0 aliphatic heterocycles. The van der Waals surface area contributed by atoms with E-state index in [0.717, 1.165) is 0 Å². The van der Waals surface area contributed by atoms with E-state index < -0.39 is 5.97 Å². The minimum Gasteiger partial charge on any atom is -0.478 e.